The van der Waals surface area contributed by atoms with E-state index in [-0.39, 0.29) is 5.41 Å². The summed E-state index contributed by atoms with van der Waals surface area (Å²) in [6, 6.07) is 8.78. The molecule has 98 valence electrons. The molecule has 0 heterocycles. The number of hydrogen-bond donors (Lipinski definition) is 0. The van der Waals surface area contributed by atoms with Gasteiger partial charge in [0.2, 0.25) is 0 Å². The van der Waals surface area contributed by atoms with Crippen LogP contribution in [0.5, 0.6) is 0 Å². The van der Waals surface area contributed by atoms with E-state index in [1.54, 1.807) is 0 Å². The first-order valence-corrected chi connectivity index (χ1v) is 7.50. The first-order valence-electron chi connectivity index (χ1n) is 6.51. The predicted molar refractivity (Wildman–Crippen MR) is 79.2 cm³/mol. The Morgan fingerprint density at radius 3 is 2.72 bits per heavy atom. The summed E-state index contributed by atoms with van der Waals surface area (Å²) in [4.78, 5) is 1.36. The molecule has 2 rings (SSSR count). The van der Waals surface area contributed by atoms with Gasteiger partial charge in [-0.1, -0.05) is 36.8 Å². The summed E-state index contributed by atoms with van der Waals surface area (Å²) in [5.41, 5.74) is 1.58. The monoisotopic (exact) mass is 262 g/mol. The fourth-order valence-electron chi connectivity index (χ4n) is 2.35. The third kappa shape index (κ3) is 3.63. The first kappa shape index (κ1) is 13.7. The third-order valence-electron chi connectivity index (χ3n) is 3.54. The van der Waals surface area contributed by atoms with Crippen molar-refractivity contribution in [2.24, 2.45) is 5.41 Å². The molecule has 0 saturated heterocycles. The molecular weight excluding hydrogens is 240 g/mol. The van der Waals surface area contributed by atoms with Crippen LogP contribution in [0.2, 0.25) is 0 Å². The SMILES string of the molecule is CO[C@@H]1CC=CC(C)(CSc2ccc(C)cc2)C1. The first-order chi connectivity index (χ1) is 8.61. The van der Waals surface area contributed by atoms with Crippen LogP contribution in [0.3, 0.4) is 0 Å². The van der Waals surface area contributed by atoms with E-state index >= 15 is 0 Å². The van der Waals surface area contributed by atoms with Gasteiger partial charge in [0.1, 0.15) is 0 Å². The Labute approximate surface area is 115 Å². The van der Waals surface area contributed by atoms with Crippen LogP contribution in [-0.2, 0) is 4.74 Å². The summed E-state index contributed by atoms with van der Waals surface area (Å²) in [6.07, 6.45) is 7.20. The number of ether oxygens (including phenoxy) is 1. The molecule has 2 heteroatoms. The highest BCUT2D eigenvalue weighted by atomic mass is 32.2. The molecule has 0 amide bonds. The normalized spacial score (nSPS) is 27.4. The Morgan fingerprint density at radius 2 is 2.06 bits per heavy atom. The molecular formula is C16H22OS. The van der Waals surface area contributed by atoms with E-state index in [0.717, 1.165) is 18.6 Å². The van der Waals surface area contributed by atoms with Crippen molar-refractivity contribution in [3.05, 3.63) is 42.0 Å². The molecule has 0 fully saturated rings. The maximum Gasteiger partial charge on any atom is 0.0614 e. The lowest BCUT2D eigenvalue weighted by molar-refractivity contribution is 0.0696. The highest BCUT2D eigenvalue weighted by molar-refractivity contribution is 7.99. The van der Waals surface area contributed by atoms with Crippen molar-refractivity contribution in [3.63, 3.8) is 0 Å². The van der Waals surface area contributed by atoms with Gasteiger partial charge in [-0.15, -0.1) is 11.8 Å². The molecule has 1 unspecified atom stereocenters. The average Bonchev–Trinajstić information content (AvgIpc) is 2.38. The second-order valence-corrected chi connectivity index (χ2v) is 6.50. The van der Waals surface area contributed by atoms with Gasteiger partial charge in [0, 0.05) is 17.8 Å². The minimum atomic E-state index is 0.258. The van der Waals surface area contributed by atoms with Gasteiger partial charge < -0.3 is 4.74 Å². The number of aryl methyl sites for hydroxylation is 1. The van der Waals surface area contributed by atoms with Crippen LogP contribution >= 0.6 is 11.8 Å². The quantitative estimate of drug-likeness (QED) is 0.585. The van der Waals surface area contributed by atoms with E-state index in [1.165, 1.54) is 10.5 Å². The number of hydrogen-bond acceptors (Lipinski definition) is 2. The molecule has 1 aromatic carbocycles. The Kier molecular flexibility index (Phi) is 4.52. The van der Waals surface area contributed by atoms with Crippen LogP contribution in [0.15, 0.2) is 41.3 Å². The van der Waals surface area contributed by atoms with E-state index in [0.29, 0.717) is 6.10 Å². The van der Waals surface area contributed by atoms with Crippen molar-refractivity contribution in [3.8, 4) is 0 Å². The molecule has 1 nitrogen and oxygen atoms in total. The summed E-state index contributed by atoms with van der Waals surface area (Å²) in [6.45, 7) is 4.46. The van der Waals surface area contributed by atoms with E-state index in [9.17, 15) is 0 Å². The van der Waals surface area contributed by atoms with Crippen LogP contribution in [0, 0.1) is 12.3 Å². The van der Waals surface area contributed by atoms with Crippen molar-refractivity contribution in [2.45, 2.75) is 37.7 Å². The zero-order valence-electron chi connectivity index (χ0n) is 11.5. The van der Waals surface area contributed by atoms with Gasteiger partial charge in [-0.25, -0.2) is 0 Å². The van der Waals surface area contributed by atoms with Crippen LogP contribution in [0.25, 0.3) is 0 Å². The van der Waals surface area contributed by atoms with Crippen LogP contribution < -0.4 is 0 Å². The van der Waals surface area contributed by atoms with Gasteiger partial charge in [-0.2, -0.15) is 0 Å². The number of allylic oxidation sites excluding steroid dienone is 1. The number of methoxy groups -OCH3 is 1. The molecule has 0 saturated carbocycles. The highest BCUT2D eigenvalue weighted by Gasteiger charge is 2.28. The largest absolute Gasteiger partial charge is 0.381 e. The minimum absolute atomic E-state index is 0.258. The van der Waals surface area contributed by atoms with Gasteiger partial charge in [0.25, 0.3) is 0 Å². The lowest BCUT2D eigenvalue weighted by Crippen LogP contribution is -2.28. The van der Waals surface area contributed by atoms with Crippen LogP contribution in [0.4, 0.5) is 0 Å². The average molecular weight is 262 g/mol. The lowest BCUT2D eigenvalue weighted by Gasteiger charge is -2.33. The topological polar surface area (TPSA) is 9.23 Å². The Hall–Kier alpha value is -0.730. The fraction of sp³-hybridized carbons (Fsp3) is 0.500. The van der Waals surface area contributed by atoms with E-state index in [1.807, 2.05) is 18.9 Å². The van der Waals surface area contributed by atoms with Crippen molar-refractivity contribution in [2.75, 3.05) is 12.9 Å². The molecule has 0 radical (unpaired) electrons. The van der Waals surface area contributed by atoms with E-state index in [2.05, 4.69) is 50.3 Å². The third-order valence-corrected chi connectivity index (χ3v) is 4.95. The predicted octanol–water partition coefficient (Wildman–Crippen LogP) is 4.46. The van der Waals surface area contributed by atoms with Crippen molar-refractivity contribution in [1.82, 2.24) is 0 Å². The standard InChI is InChI=1S/C16H22OS/c1-13-6-8-15(9-7-13)18-12-16(2)10-4-5-14(11-16)17-3/h4,6-10,14H,5,11-12H2,1-3H3/t14-,16?/m1/s1. The molecule has 1 aliphatic rings. The molecule has 2 atom stereocenters. The van der Waals surface area contributed by atoms with E-state index < -0.39 is 0 Å². The van der Waals surface area contributed by atoms with Crippen molar-refractivity contribution < 1.29 is 4.74 Å². The molecule has 18 heavy (non-hydrogen) atoms. The zero-order chi connectivity index (χ0) is 13.0. The van der Waals surface area contributed by atoms with Gasteiger partial charge in [-0.3, -0.25) is 0 Å². The van der Waals surface area contributed by atoms with Crippen LogP contribution in [-0.4, -0.2) is 19.0 Å². The zero-order valence-corrected chi connectivity index (χ0v) is 12.3. The molecule has 0 bridgehead atoms. The van der Waals surface area contributed by atoms with Crippen molar-refractivity contribution in [1.29, 1.82) is 0 Å². The molecule has 0 aromatic heterocycles. The lowest BCUT2D eigenvalue weighted by atomic mass is 9.81. The molecule has 0 N–H and O–H groups in total. The molecule has 0 aliphatic heterocycles. The number of thioether (sulfide) groups is 1. The number of rotatable bonds is 4. The molecule has 0 spiro atoms. The summed E-state index contributed by atoms with van der Waals surface area (Å²) in [5, 5.41) is 0. The minimum Gasteiger partial charge on any atom is -0.381 e. The summed E-state index contributed by atoms with van der Waals surface area (Å²) in [7, 11) is 1.82. The maximum atomic E-state index is 5.49. The Balaban J connectivity index is 1.94. The second kappa shape index (κ2) is 5.94. The van der Waals surface area contributed by atoms with E-state index in [4.69, 9.17) is 4.74 Å². The Morgan fingerprint density at radius 1 is 1.33 bits per heavy atom. The summed E-state index contributed by atoms with van der Waals surface area (Å²) in [5.74, 6) is 1.12. The molecule has 1 aliphatic carbocycles. The summed E-state index contributed by atoms with van der Waals surface area (Å²) < 4.78 is 5.49. The molecule has 1 aromatic rings. The number of benzene rings is 1. The van der Waals surface area contributed by atoms with Gasteiger partial charge >= 0.3 is 0 Å². The fourth-order valence-corrected chi connectivity index (χ4v) is 3.38. The maximum absolute atomic E-state index is 5.49. The highest BCUT2D eigenvalue weighted by Crippen LogP contribution is 2.37. The van der Waals surface area contributed by atoms with Gasteiger partial charge in [-0.05, 0) is 37.3 Å². The Bertz CT molecular complexity index is 410. The van der Waals surface area contributed by atoms with Gasteiger partial charge in [0.15, 0.2) is 0 Å². The summed E-state index contributed by atoms with van der Waals surface area (Å²) >= 11 is 1.94. The second-order valence-electron chi connectivity index (χ2n) is 5.46. The van der Waals surface area contributed by atoms with Crippen molar-refractivity contribution >= 4 is 11.8 Å². The van der Waals surface area contributed by atoms with Crippen LogP contribution in [0.1, 0.15) is 25.3 Å². The smallest absolute Gasteiger partial charge is 0.0614 e. The van der Waals surface area contributed by atoms with Gasteiger partial charge in [0.05, 0.1) is 6.10 Å².